The normalized spacial score (nSPS) is 16.5. The topological polar surface area (TPSA) is 95.5 Å². The van der Waals surface area contributed by atoms with Crippen LogP contribution < -0.4 is 10.6 Å². The number of sulfone groups is 1. The second kappa shape index (κ2) is 8.33. The minimum absolute atomic E-state index is 0.0114. The van der Waals surface area contributed by atoms with E-state index in [0.717, 1.165) is 30.4 Å². The minimum atomic E-state index is -5.20. The van der Waals surface area contributed by atoms with Gasteiger partial charge in [0.15, 0.2) is 0 Å². The van der Waals surface area contributed by atoms with Gasteiger partial charge in [-0.3, -0.25) is 4.79 Å². The van der Waals surface area contributed by atoms with Crippen molar-refractivity contribution in [3.8, 4) is 0 Å². The number of halogens is 4. The number of alkyl halides is 3. The Bertz CT molecular complexity index is 1080. The van der Waals surface area contributed by atoms with Gasteiger partial charge in [-0.2, -0.15) is 13.2 Å². The number of hydrogen-bond acceptors (Lipinski definition) is 5. The highest BCUT2D eigenvalue weighted by atomic mass is 35.5. The Labute approximate surface area is 182 Å². The first kappa shape index (κ1) is 23.4. The highest BCUT2D eigenvalue weighted by Crippen LogP contribution is 2.34. The molecule has 1 amide bonds. The van der Waals surface area contributed by atoms with E-state index in [-0.39, 0.29) is 20.5 Å². The molecule has 1 fully saturated rings. The second-order valence-electron chi connectivity index (χ2n) is 7.52. The lowest BCUT2D eigenvalue weighted by atomic mass is 10.1. The van der Waals surface area contributed by atoms with Crippen molar-refractivity contribution in [1.82, 2.24) is 0 Å². The van der Waals surface area contributed by atoms with Gasteiger partial charge in [0, 0.05) is 12.2 Å². The standard InChI is InChI=1S/C20H20ClF3N2O4S/c1-19(28,20(22,23)24)18(27)26-17-9-8-15(10-16(17)21)31(29,30)14-6-4-13(5-7-14)25-11-12-2-3-12/h4-10,12,25,28H,2-3,11H2,1H3,(H,26,27). The molecule has 168 valence electrons. The Morgan fingerprint density at radius 1 is 1.13 bits per heavy atom. The quantitative estimate of drug-likeness (QED) is 0.555. The summed E-state index contributed by atoms with van der Waals surface area (Å²) in [6.45, 7) is 1.13. The Morgan fingerprint density at radius 2 is 1.71 bits per heavy atom. The summed E-state index contributed by atoms with van der Waals surface area (Å²) in [7, 11) is -3.95. The number of anilines is 2. The Hall–Kier alpha value is -2.30. The molecule has 0 saturated heterocycles. The molecule has 1 atom stereocenters. The van der Waals surface area contributed by atoms with Gasteiger partial charge in [0.25, 0.3) is 5.91 Å². The number of benzene rings is 2. The molecule has 1 saturated carbocycles. The Morgan fingerprint density at radius 3 is 2.23 bits per heavy atom. The zero-order valence-corrected chi connectivity index (χ0v) is 17.9. The van der Waals surface area contributed by atoms with Crippen LogP contribution in [0.2, 0.25) is 5.02 Å². The summed E-state index contributed by atoms with van der Waals surface area (Å²) in [6, 6.07) is 9.36. The summed E-state index contributed by atoms with van der Waals surface area (Å²) in [5.74, 6) is -1.09. The molecule has 0 aliphatic heterocycles. The lowest BCUT2D eigenvalue weighted by Crippen LogP contribution is -2.52. The molecule has 1 aliphatic carbocycles. The summed E-state index contributed by atoms with van der Waals surface area (Å²) in [6.07, 6.45) is -2.83. The van der Waals surface area contributed by atoms with Crippen molar-refractivity contribution >= 4 is 38.7 Å². The molecule has 0 spiro atoms. The van der Waals surface area contributed by atoms with E-state index in [1.807, 2.05) is 5.32 Å². The van der Waals surface area contributed by atoms with Crippen LogP contribution >= 0.6 is 11.6 Å². The summed E-state index contributed by atoms with van der Waals surface area (Å²) < 4.78 is 64.0. The Balaban J connectivity index is 1.77. The third-order valence-corrected chi connectivity index (χ3v) is 7.03. The molecular formula is C20H20ClF3N2O4S. The molecule has 0 aromatic heterocycles. The van der Waals surface area contributed by atoms with Crippen LogP contribution in [0.4, 0.5) is 24.5 Å². The van der Waals surface area contributed by atoms with Gasteiger partial charge in [-0.1, -0.05) is 11.6 Å². The van der Waals surface area contributed by atoms with Crippen LogP contribution in [0, 0.1) is 5.92 Å². The SMILES string of the molecule is CC(O)(C(=O)Nc1ccc(S(=O)(=O)c2ccc(NCC3CC3)cc2)cc1Cl)C(F)(F)F. The number of aliphatic hydroxyl groups is 1. The Kier molecular flexibility index (Phi) is 6.28. The van der Waals surface area contributed by atoms with Crippen LogP contribution in [0.5, 0.6) is 0 Å². The van der Waals surface area contributed by atoms with E-state index >= 15 is 0 Å². The van der Waals surface area contributed by atoms with E-state index in [2.05, 4.69) is 5.32 Å². The van der Waals surface area contributed by atoms with Crippen LogP contribution in [-0.2, 0) is 14.6 Å². The van der Waals surface area contributed by atoms with Crippen molar-refractivity contribution in [2.45, 2.75) is 41.3 Å². The molecule has 1 aliphatic rings. The largest absolute Gasteiger partial charge is 0.426 e. The van der Waals surface area contributed by atoms with E-state index in [4.69, 9.17) is 11.6 Å². The van der Waals surface area contributed by atoms with E-state index in [9.17, 15) is 31.5 Å². The van der Waals surface area contributed by atoms with E-state index in [1.54, 1.807) is 12.1 Å². The second-order valence-corrected chi connectivity index (χ2v) is 9.87. The van der Waals surface area contributed by atoms with Gasteiger partial charge in [-0.25, -0.2) is 8.42 Å². The monoisotopic (exact) mass is 476 g/mol. The van der Waals surface area contributed by atoms with Gasteiger partial charge in [0.05, 0.1) is 20.5 Å². The maximum absolute atomic E-state index is 12.8. The van der Waals surface area contributed by atoms with Gasteiger partial charge < -0.3 is 15.7 Å². The number of hydrogen-bond donors (Lipinski definition) is 3. The van der Waals surface area contributed by atoms with Crippen LogP contribution in [0.3, 0.4) is 0 Å². The minimum Gasteiger partial charge on any atom is -0.385 e. The van der Waals surface area contributed by atoms with E-state index < -0.39 is 27.5 Å². The molecule has 0 radical (unpaired) electrons. The summed E-state index contributed by atoms with van der Waals surface area (Å²) >= 11 is 5.98. The lowest BCUT2D eigenvalue weighted by molar-refractivity contribution is -0.242. The van der Waals surface area contributed by atoms with Crippen LogP contribution in [0.25, 0.3) is 0 Å². The number of amides is 1. The maximum atomic E-state index is 12.8. The number of rotatable bonds is 7. The van der Waals surface area contributed by atoms with Crippen molar-refractivity contribution in [2.75, 3.05) is 17.2 Å². The van der Waals surface area contributed by atoms with Crippen LogP contribution in [0.15, 0.2) is 52.3 Å². The fraction of sp³-hybridized carbons (Fsp3) is 0.350. The van der Waals surface area contributed by atoms with Crippen LogP contribution in [0.1, 0.15) is 19.8 Å². The van der Waals surface area contributed by atoms with Gasteiger partial charge in [0.1, 0.15) is 0 Å². The first-order chi connectivity index (χ1) is 14.3. The summed E-state index contributed by atoms with van der Waals surface area (Å²) in [5, 5.41) is 14.2. The highest BCUT2D eigenvalue weighted by molar-refractivity contribution is 7.91. The maximum Gasteiger partial charge on any atom is 0.426 e. The highest BCUT2D eigenvalue weighted by Gasteiger charge is 2.55. The molecule has 0 heterocycles. The fourth-order valence-electron chi connectivity index (χ4n) is 2.61. The van der Waals surface area contributed by atoms with Gasteiger partial charge in [-0.15, -0.1) is 0 Å². The molecule has 6 nitrogen and oxygen atoms in total. The third kappa shape index (κ3) is 5.13. The molecular weight excluding hydrogens is 457 g/mol. The number of nitrogens with one attached hydrogen (secondary N) is 2. The summed E-state index contributed by atoms with van der Waals surface area (Å²) in [5.41, 5.74) is -3.12. The molecule has 3 rings (SSSR count). The van der Waals surface area contributed by atoms with Crippen molar-refractivity contribution in [1.29, 1.82) is 0 Å². The van der Waals surface area contributed by atoms with Gasteiger partial charge >= 0.3 is 6.18 Å². The predicted octanol–water partition coefficient (Wildman–Crippen LogP) is 4.25. The molecule has 1 unspecified atom stereocenters. The average Bonchev–Trinajstić information content (AvgIpc) is 3.51. The van der Waals surface area contributed by atoms with Crippen LogP contribution in [-0.4, -0.2) is 37.8 Å². The fourth-order valence-corrected chi connectivity index (χ4v) is 4.19. The first-order valence-corrected chi connectivity index (χ1v) is 11.2. The number of carbonyl (C=O) groups excluding carboxylic acids is 1. The van der Waals surface area contributed by atoms with Crippen molar-refractivity contribution in [2.24, 2.45) is 5.92 Å². The van der Waals surface area contributed by atoms with Crippen molar-refractivity contribution in [3.63, 3.8) is 0 Å². The molecule has 2 aromatic rings. The summed E-state index contributed by atoms with van der Waals surface area (Å²) in [4.78, 5) is 11.6. The van der Waals surface area contributed by atoms with Gasteiger partial charge in [0.2, 0.25) is 15.4 Å². The molecule has 3 N–H and O–H groups in total. The average molecular weight is 477 g/mol. The first-order valence-electron chi connectivity index (χ1n) is 9.31. The molecule has 0 bridgehead atoms. The zero-order chi connectivity index (χ0) is 23.0. The number of carbonyl (C=O) groups is 1. The smallest absolute Gasteiger partial charge is 0.385 e. The van der Waals surface area contributed by atoms with Crippen molar-refractivity contribution < 1.29 is 31.5 Å². The molecule has 31 heavy (non-hydrogen) atoms. The third-order valence-electron chi connectivity index (χ3n) is 4.95. The molecule has 11 heteroatoms. The van der Waals surface area contributed by atoms with Gasteiger partial charge in [-0.05, 0) is 68.1 Å². The van der Waals surface area contributed by atoms with Crippen molar-refractivity contribution in [3.05, 3.63) is 47.5 Å². The predicted molar refractivity (Wildman–Crippen MR) is 110 cm³/mol. The lowest BCUT2D eigenvalue weighted by Gasteiger charge is -2.25. The molecule has 2 aromatic carbocycles. The zero-order valence-electron chi connectivity index (χ0n) is 16.3. The van der Waals surface area contributed by atoms with E-state index in [0.29, 0.717) is 12.8 Å². The van der Waals surface area contributed by atoms with E-state index in [1.165, 1.54) is 25.0 Å².